The molecule has 2 atom stereocenters. The van der Waals surface area contributed by atoms with Gasteiger partial charge in [-0.3, -0.25) is 4.79 Å². The largest absolute Gasteiger partial charge is 0.507 e. The van der Waals surface area contributed by atoms with Crippen LogP contribution in [0.3, 0.4) is 0 Å². The average Bonchev–Trinajstić information content (AvgIpc) is 2.47. The number of ether oxygens (including phenoxy) is 1. The summed E-state index contributed by atoms with van der Waals surface area (Å²) in [6.45, 7) is 2.60. The summed E-state index contributed by atoms with van der Waals surface area (Å²) < 4.78 is 5.12. The third-order valence-electron chi connectivity index (χ3n) is 3.85. The highest BCUT2D eigenvalue weighted by Gasteiger charge is 2.31. The van der Waals surface area contributed by atoms with Gasteiger partial charge in [0.2, 0.25) is 0 Å². The fourth-order valence-electron chi connectivity index (χ4n) is 2.72. The molecular formula is C15H22N2O3. The Bertz CT molecular complexity index is 488. The van der Waals surface area contributed by atoms with Gasteiger partial charge in [0.1, 0.15) is 11.5 Å². The molecular weight excluding hydrogens is 256 g/mol. The Kier molecular flexibility index (Phi) is 4.49. The Morgan fingerprint density at radius 2 is 2.25 bits per heavy atom. The molecule has 1 aromatic rings. The van der Waals surface area contributed by atoms with Crippen LogP contribution >= 0.6 is 0 Å². The predicted molar refractivity (Wildman–Crippen MR) is 77.0 cm³/mol. The molecule has 0 spiro atoms. The standard InChI is InChI=1S/C15H22N2O3/c1-10(16)13-5-3-4-8-17(13)15(19)12-9-11(20-2)6-7-14(12)18/h6-7,9-10,13,18H,3-5,8,16H2,1-2H3. The maximum Gasteiger partial charge on any atom is 0.258 e. The minimum absolute atomic E-state index is 0.0233. The summed E-state index contributed by atoms with van der Waals surface area (Å²) in [4.78, 5) is 14.4. The van der Waals surface area contributed by atoms with Gasteiger partial charge in [0.15, 0.2) is 0 Å². The number of likely N-dealkylation sites (tertiary alicyclic amines) is 1. The molecule has 0 radical (unpaired) electrons. The van der Waals surface area contributed by atoms with Crippen LogP contribution in [0.25, 0.3) is 0 Å². The number of carbonyl (C=O) groups excluding carboxylic acids is 1. The van der Waals surface area contributed by atoms with Gasteiger partial charge in [0.05, 0.1) is 12.7 Å². The van der Waals surface area contributed by atoms with Crippen molar-refractivity contribution in [2.45, 2.75) is 38.3 Å². The highest BCUT2D eigenvalue weighted by Crippen LogP contribution is 2.27. The zero-order valence-corrected chi connectivity index (χ0v) is 12.0. The van der Waals surface area contributed by atoms with Crippen molar-refractivity contribution < 1.29 is 14.6 Å². The molecule has 1 saturated heterocycles. The number of rotatable bonds is 3. The van der Waals surface area contributed by atoms with Crippen LogP contribution in [0, 0.1) is 0 Å². The van der Waals surface area contributed by atoms with Crippen LogP contribution in [0.2, 0.25) is 0 Å². The van der Waals surface area contributed by atoms with Crippen LogP contribution in [-0.4, -0.2) is 41.7 Å². The number of piperidine rings is 1. The molecule has 3 N–H and O–H groups in total. The molecule has 1 aromatic carbocycles. The fourth-order valence-corrected chi connectivity index (χ4v) is 2.72. The smallest absolute Gasteiger partial charge is 0.258 e. The van der Waals surface area contributed by atoms with E-state index in [1.165, 1.54) is 13.2 Å². The molecule has 20 heavy (non-hydrogen) atoms. The first-order chi connectivity index (χ1) is 9.54. The van der Waals surface area contributed by atoms with Crippen LogP contribution < -0.4 is 10.5 Å². The van der Waals surface area contributed by atoms with Crippen LogP contribution in [-0.2, 0) is 0 Å². The summed E-state index contributed by atoms with van der Waals surface area (Å²) in [5.41, 5.74) is 6.26. The number of carbonyl (C=O) groups is 1. The van der Waals surface area contributed by atoms with Crippen molar-refractivity contribution in [3.8, 4) is 11.5 Å². The van der Waals surface area contributed by atoms with Gasteiger partial charge in [0.25, 0.3) is 5.91 Å². The van der Waals surface area contributed by atoms with Gasteiger partial charge in [-0.15, -0.1) is 0 Å². The normalized spacial score (nSPS) is 20.6. The van der Waals surface area contributed by atoms with Crippen molar-refractivity contribution >= 4 is 5.91 Å². The second-order valence-electron chi connectivity index (χ2n) is 5.30. The number of phenols is 1. The monoisotopic (exact) mass is 278 g/mol. The van der Waals surface area contributed by atoms with Gasteiger partial charge < -0.3 is 20.5 Å². The summed E-state index contributed by atoms with van der Waals surface area (Å²) in [5.74, 6) is 0.355. The molecule has 0 bridgehead atoms. The molecule has 2 unspecified atom stereocenters. The lowest BCUT2D eigenvalue weighted by Gasteiger charge is -2.38. The molecule has 1 fully saturated rings. The number of phenolic OH excluding ortho intramolecular Hbond substituents is 1. The van der Waals surface area contributed by atoms with Crippen molar-refractivity contribution in [1.29, 1.82) is 0 Å². The number of benzene rings is 1. The lowest BCUT2D eigenvalue weighted by atomic mass is 9.96. The molecule has 110 valence electrons. The Morgan fingerprint density at radius 3 is 2.90 bits per heavy atom. The summed E-state index contributed by atoms with van der Waals surface area (Å²) >= 11 is 0. The Balaban J connectivity index is 2.29. The highest BCUT2D eigenvalue weighted by atomic mass is 16.5. The molecule has 1 heterocycles. The molecule has 5 nitrogen and oxygen atoms in total. The maximum absolute atomic E-state index is 12.7. The lowest BCUT2D eigenvalue weighted by molar-refractivity contribution is 0.0580. The first-order valence-electron chi connectivity index (χ1n) is 6.98. The zero-order chi connectivity index (χ0) is 14.7. The topological polar surface area (TPSA) is 75.8 Å². The quantitative estimate of drug-likeness (QED) is 0.883. The number of nitrogens with two attached hydrogens (primary N) is 1. The first-order valence-corrected chi connectivity index (χ1v) is 6.98. The molecule has 0 saturated carbocycles. The van der Waals surface area contributed by atoms with Gasteiger partial charge in [-0.25, -0.2) is 0 Å². The number of amides is 1. The van der Waals surface area contributed by atoms with Crippen molar-refractivity contribution in [2.75, 3.05) is 13.7 Å². The van der Waals surface area contributed by atoms with E-state index in [9.17, 15) is 9.90 Å². The highest BCUT2D eigenvalue weighted by molar-refractivity contribution is 5.97. The Hall–Kier alpha value is -1.75. The first kappa shape index (κ1) is 14.7. The molecule has 1 aliphatic heterocycles. The van der Waals surface area contributed by atoms with Crippen LogP contribution in [0.15, 0.2) is 18.2 Å². The maximum atomic E-state index is 12.7. The number of aromatic hydroxyl groups is 1. The second kappa shape index (κ2) is 6.13. The summed E-state index contributed by atoms with van der Waals surface area (Å²) in [6.07, 6.45) is 2.97. The molecule has 1 amide bonds. The molecule has 0 aromatic heterocycles. The third kappa shape index (κ3) is 2.88. The summed E-state index contributed by atoms with van der Waals surface area (Å²) in [7, 11) is 1.53. The SMILES string of the molecule is COc1ccc(O)c(C(=O)N2CCCCC2C(C)N)c1. The van der Waals surface area contributed by atoms with Gasteiger partial charge in [-0.05, 0) is 44.4 Å². The minimum Gasteiger partial charge on any atom is -0.507 e. The van der Waals surface area contributed by atoms with Gasteiger partial charge >= 0.3 is 0 Å². The van der Waals surface area contributed by atoms with Crippen LogP contribution in [0.4, 0.5) is 0 Å². The number of hydrogen-bond donors (Lipinski definition) is 2. The molecule has 0 aliphatic carbocycles. The Labute approximate surface area is 119 Å². The van der Waals surface area contributed by atoms with E-state index >= 15 is 0 Å². The molecule has 2 rings (SSSR count). The van der Waals surface area contributed by atoms with Crippen LogP contribution in [0.1, 0.15) is 36.5 Å². The van der Waals surface area contributed by atoms with Gasteiger partial charge in [-0.1, -0.05) is 0 Å². The third-order valence-corrected chi connectivity index (χ3v) is 3.85. The van der Waals surface area contributed by atoms with E-state index in [2.05, 4.69) is 0 Å². The van der Waals surface area contributed by atoms with E-state index in [0.717, 1.165) is 19.3 Å². The minimum atomic E-state index is -0.177. The summed E-state index contributed by atoms with van der Waals surface area (Å²) in [5, 5.41) is 9.92. The van der Waals surface area contributed by atoms with E-state index in [4.69, 9.17) is 10.5 Å². The van der Waals surface area contributed by atoms with Gasteiger partial charge in [-0.2, -0.15) is 0 Å². The lowest BCUT2D eigenvalue weighted by Crippen LogP contribution is -2.51. The van der Waals surface area contributed by atoms with Gasteiger partial charge in [0, 0.05) is 18.6 Å². The van der Waals surface area contributed by atoms with Crippen molar-refractivity contribution in [3.63, 3.8) is 0 Å². The van der Waals surface area contributed by atoms with E-state index < -0.39 is 0 Å². The Morgan fingerprint density at radius 1 is 1.50 bits per heavy atom. The average molecular weight is 278 g/mol. The van der Waals surface area contributed by atoms with E-state index in [-0.39, 0.29) is 29.3 Å². The van der Waals surface area contributed by atoms with Crippen molar-refractivity contribution in [1.82, 2.24) is 4.90 Å². The van der Waals surface area contributed by atoms with Crippen molar-refractivity contribution in [2.24, 2.45) is 5.73 Å². The van der Waals surface area contributed by atoms with E-state index in [0.29, 0.717) is 12.3 Å². The van der Waals surface area contributed by atoms with E-state index in [1.54, 1.807) is 17.0 Å². The second-order valence-corrected chi connectivity index (χ2v) is 5.30. The predicted octanol–water partition coefficient (Wildman–Crippen LogP) is 1.74. The fraction of sp³-hybridized carbons (Fsp3) is 0.533. The molecule has 1 aliphatic rings. The summed E-state index contributed by atoms with van der Waals surface area (Å²) in [6, 6.07) is 4.64. The number of hydrogen-bond acceptors (Lipinski definition) is 4. The number of nitrogens with zero attached hydrogens (tertiary/aromatic N) is 1. The van der Waals surface area contributed by atoms with Crippen molar-refractivity contribution in [3.05, 3.63) is 23.8 Å². The number of methoxy groups -OCH3 is 1. The zero-order valence-electron chi connectivity index (χ0n) is 12.0. The van der Waals surface area contributed by atoms with E-state index in [1.807, 2.05) is 6.92 Å². The molecule has 5 heteroatoms. The van der Waals surface area contributed by atoms with Crippen LogP contribution in [0.5, 0.6) is 11.5 Å².